The SMILES string of the molecule is CCCn1c(-c2ccc(C#C[Si](C)(C)C(C)C)cc2)nc2cc3c(cc21)-c1nc-3nc2[nH]c(nc3nc(nc4[nH]c(n1)c1ccccc41)-c1ccccc1-3)c1ccccc21. The number of imidazole rings is 1. The fourth-order valence-corrected chi connectivity index (χ4v) is 8.76. The topological polar surface area (TPSA) is 127 Å². The maximum atomic E-state index is 5.29. The van der Waals surface area contributed by atoms with Crippen LogP contribution in [-0.2, 0) is 6.54 Å². The lowest BCUT2D eigenvalue weighted by atomic mass is 10.1. The zero-order chi connectivity index (χ0) is 40.7. The summed E-state index contributed by atoms with van der Waals surface area (Å²) in [6, 6.07) is 37.2. The number of hydrogen-bond acceptors (Lipinski definition) is 7. The van der Waals surface area contributed by atoms with Crippen LogP contribution in [0.15, 0.2) is 109 Å². The molecular weight excluding hydrogens is 757 g/mol. The summed E-state index contributed by atoms with van der Waals surface area (Å²) in [6.07, 6.45) is 0.939. The van der Waals surface area contributed by atoms with E-state index in [2.05, 4.69) is 121 Å². The second kappa shape index (κ2) is 13.6. The smallest absolute Gasteiger partial charge is 0.164 e. The number of rotatable bonds is 4. The summed E-state index contributed by atoms with van der Waals surface area (Å²) in [7, 11) is -1.62. The van der Waals surface area contributed by atoms with Crippen LogP contribution in [0.5, 0.6) is 0 Å². The molecule has 0 atom stereocenters. The van der Waals surface area contributed by atoms with Gasteiger partial charge in [0.2, 0.25) is 0 Å². The first-order valence-corrected chi connectivity index (χ1v) is 23.6. The Kier molecular flexibility index (Phi) is 8.15. The molecule has 8 bridgehead atoms. The van der Waals surface area contributed by atoms with Crippen molar-refractivity contribution in [1.82, 2.24) is 49.4 Å². The van der Waals surface area contributed by atoms with Crippen molar-refractivity contribution < 1.29 is 0 Å². The second-order valence-corrected chi connectivity index (χ2v) is 21.3. The van der Waals surface area contributed by atoms with Gasteiger partial charge in [0.25, 0.3) is 0 Å². The van der Waals surface area contributed by atoms with Crippen LogP contribution in [0.25, 0.3) is 112 Å². The number of hydrogen-bond donors (Lipinski definition) is 2. The molecule has 0 spiro atoms. The molecule has 9 aromatic rings. The molecule has 60 heavy (non-hydrogen) atoms. The zero-order valence-electron chi connectivity index (χ0n) is 34.0. The number of aromatic nitrogens is 10. The number of fused-ring (bicyclic) bond motifs is 21. The maximum absolute atomic E-state index is 5.29. The molecule has 6 heterocycles. The third-order valence-corrected chi connectivity index (χ3v) is 15.6. The molecule has 0 saturated heterocycles. The maximum Gasteiger partial charge on any atom is 0.164 e. The van der Waals surface area contributed by atoms with Gasteiger partial charge in [0.15, 0.2) is 23.3 Å². The van der Waals surface area contributed by atoms with E-state index in [-0.39, 0.29) is 0 Å². The predicted octanol–water partition coefficient (Wildman–Crippen LogP) is 11.3. The summed E-state index contributed by atoms with van der Waals surface area (Å²) in [6.45, 7) is 12.2. The van der Waals surface area contributed by atoms with Gasteiger partial charge in [-0.15, -0.1) is 5.54 Å². The highest BCUT2D eigenvalue weighted by Gasteiger charge is 2.26. The molecule has 0 unspecified atom stereocenters. The van der Waals surface area contributed by atoms with Gasteiger partial charge in [0, 0.05) is 61.5 Å². The van der Waals surface area contributed by atoms with Crippen molar-refractivity contribution >= 4 is 63.2 Å². The van der Waals surface area contributed by atoms with E-state index in [0.717, 1.165) is 84.7 Å². The van der Waals surface area contributed by atoms with Gasteiger partial charge in [-0.05, 0) is 36.2 Å². The second-order valence-electron chi connectivity index (χ2n) is 16.4. The Morgan fingerprint density at radius 1 is 0.567 bits per heavy atom. The number of aromatic amines is 2. The van der Waals surface area contributed by atoms with Gasteiger partial charge in [-0.3, -0.25) is 0 Å². The van der Waals surface area contributed by atoms with Gasteiger partial charge in [0.1, 0.15) is 36.5 Å². The van der Waals surface area contributed by atoms with Gasteiger partial charge in [-0.25, -0.2) is 34.9 Å². The van der Waals surface area contributed by atoms with Crippen molar-refractivity contribution in [3.05, 3.63) is 115 Å². The summed E-state index contributed by atoms with van der Waals surface area (Å²) in [4.78, 5) is 43.3. The molecule has 11 heteroatoms. The highest BCUT2D eigenvalue weighted by atomic mass is 28.3. The number of nitrogens with zero attached hydrogens (tertiary/aromatic N) is 8. The first-order chi connectivity index (χ1) is 29.2. The predicted molar refractivity (Wildman–Crippen MR) is 245 cm³/mol. The van der Waals surface area contributed by atoms with E-state index in [0.29, 0.717) is 51.4 Å². The normalized spacial score (nSPS) is 12.2. The van der Waals surface area contributed by atoms with E-state index in [1.807, 2.05) is 48.5 Å². The molecule has 2 aliphatic heterocycles. The fraction of sp³-hybridized carbons (Fsp3) is 0.163. The van der Waals surface area contributed by atoms with Crippen LogP contribution >= 0.6 is 0 Å². The van der Waals surface area contributed by atoms with Crippen molar-refractivity contribution in [2.75, 3.05) is 0 Å². The minimum atomic E-state index is -1.62. The molecule has 0 radical (unpaired) electrons. The number of benzene rings is 5. The van der Waals surface area contributed by atoms with E-state index < -0.39 is 8.07 Å². The van der Waals surface area contributed by atoms with Crippen LogP contribution in [0, 0.1) is 11.5 Å². The third-order valence-electron chi connectivity index (χ3n) is 12.0. The lowest BCUT2D eigenvalue weighted by Crippen LogP contribution is -2.27. The van der Waals surface area contributed by atoms with Crippen molar-refractivity contribution in [3.63, 3.8) is 0 Å². The quantitative estimate of drug-likeness (QED) is 0.134. The average Bonchev–Trinajstić information content (AvgIpc) is 4.06. The largest absolute Gasteiger partial charge is 0.324 e. The summed E-state index contributed by atoms with van der Waals surface area (Å²) < 4.78 is 2.31. The number of nitrogens with one attached hydrogen (secondary N) is 2. The van der Waals surface area contributed by atoms with Crippen molar-refractivity contribution in [3.8, 4) is 68.4 Å². The molecule has 0 amide bonds. The third kappa shape index (κ3) is 5.82. The lowest BCUT2D eigenvalue weighted by molar-refractivity contribution is 0.704. The minimum Gasteiger partial charge on any atom is -0.324 e. The van der Waals surface area contributed by atoms with Crippen molar-refractivity contribution in [2.45, 2.75) is 52.4 Å². The Labute approximate surface area is 346 Å². The summed E-state index contributed by atoms with van der Waals surface area (Å²) in [5.41, 5.74) is 14.3. The standard InChI is InChI=1S/C49H40N10Si/c1-6-24-59-40-27-38-37(26-39(40)50-49(59)30-21-19-29(20-22-30)23-25-60(4,5)28(2)3)47-56-45-35-17-11-9-15-33(35)43(54-45)52-41-31-13-7-8-14-32(31)42(51-41)53-44-34-16-10-12-18-36(34)46(55-44)57-48(38)58-47/h7-22,26-28H,6,24H2,1-5H3,(H2,51,52,53,54,55,56,57,58). The van der Waals surface area contributed by atoms with E-state index in [9.17, 15) is 0 Å². The molecule has 10 nitrogen and oxygen atoms in total. The van der Waals surface area contributed by atoms with Crippen LogP contribution in [-0.4, -0.2) is 57.5 Å². The Balaban J connectivity index is 1.17. The molecule has 2 aliphatic rings. The summed E-state index contributed by atoms with van der Waals surface area (Å²) >= 11 is 0. The molecule has 4 aromatic heterocycles. The van der Waals surface area contributed by atoms with E-state index >= 15 is 0 Å². The molecular formula is C49H40N10Si. The van der Waals surface area contributed by atoms with Gasteiger partial charge in [-0.1, -0.05) is 125 Å². The van der Waals surface area contributed by atoms with Crippen molar-refractivity contribution in [2.24, 2.45) is 0 Å². The van der Waals surface area contributed by atoms with Gasteiger partial charge < -0.3 is 14.5 Å². The first kappa shape index (κ1) is 35.8. The molecule has 5 aromatic carbocycles. The molecule has 2 N–H and O–H groups in total. The Bertz CT molecular complexity index is 3470. The Morgan fingerprint density at radius 2 is 1.03 bits per heavy atom. The molecule has 0 saturated carbocycles. The van der Waals surface area contributed by atoms with Crippen LogP contribution in [0.4, 0.5) is 0 Å². The van der Waals surface area contributed by atoms with Crippen LogP contribution in [0.1, 0.15) is 32.8 Å². The molecule has 11 rings (SSSR count). The number of aryl methyl sites for hydroxylation is 1. The van der Waals surface area contributed by atoms with E-state index in [1.54, 1.807) is 0 Å². The van der Waals surface area contributed by atoms with Crippen LogP contribution in [0.2, 0.25) is 18.6 Å². The van der Waals surface area contributed by atoms with Gasteiger partial charge in [0.05, 0.1) is 11.0 Å². The zero-order valence-corrected chi connectivity index (χ0v) is 35.0. The average molecular weight is 797 g/mol. The molecule has 0 aliphatic carbocycles. The lowest BCUT2D eigenvalue weighted by Gasteiger charge is -2.18. The number of H-pyrrole nitrogens is 2. The van der Waals surface area contributed by atoms with Gasteiger partial charge >= 0.3 is 0 Å². The Hall–Kier alpha value is -7.29. The monoisotopic (exact) mass is 796 g/mol. The molecule has 0 fully saturated rings. The highest BCUT2D eigenvalue weighted by Crippen LogP contribution is 2.40. The fourth-order valence-electron chi connectivity index (χ4n) is 8.01. The van der Waals surface area contributed by atoms with Crippen LogP contribution in [0.3, 0.4) is 0 Å². The molecule has 290 valence electrons. The van der Waals surface area contributed by atoms with Gasteiger partial charge in [-0.2, -0.15) is 0 Å². The first-order valence-electron chi connectivity index (χ1n) is 20.5. The minimum absolute atomic E-state index is 0.540. The van der Waals surface area contributed by atoms with E-state index in [4.69, 9.17) is 34.9 Å². The summed E-state index contributed by atoms with van der Waals surface area (Å²) in [5, 5.41) is 3.72. The van der Waals surface area contributed by atoms with Crippen LogP contribution < -0.4 is 0 Å². The summed E-state index contributed by atoms with van der Waals surface area (Å²) in [5.74, 6) is 6.63. The van der Waals surface area contributed by atoms with Crippen molar-refractivity contribution in [1.29, 1.82) is 0 Å². The van der Waals surface area contributed by atoms with E-state index in [1.165, 1.54) is 0 Å². The Morgan fingerprint density at radius 3 is 1.52 bits per heavy atom. The highest BCUT2D eigenvalue weighted by molar-refractivity contribution is 6.86.